The summed E-state index contributed by atoms with van der Waals surface area (Å²) >= 11 is 0. The molecule has 2 heterocycles. The van der Waals surface area contributed by atoms with Crippen LogP contribution in [-0.4, -0.2) is 154 Å². The Morgan fingerprint density at radius 2 is 1.42 bits per heavy atom. The first-order valence-electron chi connectivity index (χ1n) is 21.0. The molecule has 0 aromatic carbocycles. The van der Waals surface area contributed by atoms with Gasteiger partial charge in [-0.05, 0) is 91.3 Å². The molecule has 0 aromatic heterocycles. The average Bonchev–Trinajstić information content (AvgIpc) is 3.34. The van der Waals surface area contributed by atoms with Gasteiger partial charge in [0.15, 0.2) is 12.6 Å². The summed E-state index contributed by atoms with van der Waals surface area (Å²) in [4.78, 5) is 0. The maximum atomic E-state index is 12.7. The van der Waals surface area contributed by atoms with E-state index in [0.717, 1.165) is 32.1 Å². The SMILES string of the molecule is COC1COC(OC2C(OCCC(CCC(C)C3C(O)C(O)C4C3(C)CCC3C5(C)CCC(O)CC5C(O)CC34O)C(C)C)OCC(O)C2O)C(OC)C1O. The van der Waals surface area contributed by atoms with Gasteiger partial charge in [-0.1, -0.05) is 41.0 Å². The molecule has 0 aromatic rings. The van der Waals surface area contributed by atoms with Crippen molar-refractivity contribution in [2.24, 2.45) is 52.3 Å². The third-order valence-electron chi connectivity index (χ3n) is 15.9. The highest BCUT2D eigenvalue weighted by Gasteiger charge is 2.72. The van der Waals surface area contributed by atoms with Crippen LogP contribution in [0.3, 0.4) is 0 Å². The Hall–Kier alpha value is -0.560. The molecule has 0 spiro atoms. The van der Waals surface area contributed by atoms with Crippen LogP contribution in [0.5, 0.6) is 0 Å². The highest BCUT2D eigenvalue weighted by atomic mass is 16.8. The molecular formula is C41H72O14. The van der Waals surface area contributed by atoms with E-state index >= 15 is 0 Å². The Morgan fingerprint density at radius 3 is 2.09 bits per heavy atom. The van der Waals surface area contributed by atoms with Crippen molar-refractivity contribution in [1.82, 2.24) is 0 Å². The second-order valence-corrected chi connectivity index (χ2v) is 19.1. The molecule has 6 fully saturated rings. The zero-order chi connectivity index (χ0) is 40.2. The summed E-state index contributed by atoms with van der Waals surface area (Å²) < 4.78 is 34.6. The first-order chi connectivity index (χ1) is 25.9. The molecule has 4 aliphatic carbocycles. The van der Waals surface area contributed by atoms with Crippen LogP contribution in [-0.2, 0) is 28.4 Å². The van der Waals surface area contributed by atoms with E-state index in [9.17, 15) is 40.9 Å². The Balaban J connectivity index is 1.08. The Bertz CT molecular complexity index is 1260. The smallest absolute Gasteiger partial charge is 0.187 e. The average molecular weight is 789 g/mol. The minimum absolute atomic E-state index is 0.0389. The molecule has 0 amide bonds. The van der Waals surface area contributed by atoms with Crippen molar-refractivity contribution in [2.75, 3.05) is 34.0 Å². The third kappa shape index (κ3) is 7.94. The van der Waals surface area contributed by atoms with Gasteiger partial charge < -0.3 is 69.3 Å². The monoisotopic (exact) mass is 788 g/mol. The first-order valence-corrected chi connectivity index (χ1v) is 21.0. The number of hydrogen-bond acceptors (Lipinski definition) is 14. The fourth-order valence-electron chi connectivity index (χ4n) is 12.9. The van der Waals surface area contributed by atoms with E-state index in [1.54, 1.807) is 0 Å². The maximum Gasteiger partial charge on any atom is 0.187 e. The molecule has 0 radical (unpaired) electrons. The summed E-state index contributed by atoms with van der Waals surface area (Å²) in [5.41, 5.74) is -2.20. The van der Waals surface area contributed by atoms with Crippen LogP contribution < -0.4 is 0 Å². The molecule has 8 N–H and O–H groups in total. The Morgan fingerprint density at radius 1 is 0.727 bits per heavy atom. The molecule has 2 saturated heterocycles. The molecule has 14 heteroatoms. The topological polar surface area (TPSA) is 217 Å². The standard InChI is InChI=1S/C41H72O14/c1-20(2)22(12-15-52-37-35(30(45)26(44)18-53-37)55-38-34(51-7)31(46)27(50-6)19-54-38)9-8-21(3)29-32(47)33(48)36-40(29,5)14-11-28-39(4)13-10-23(42)16-24(39)25(43)17-41(28,36)49/h20-38,42-49H,8-19H2,1-7H3. The molecule has 6 rings (SSSR count). The number of aliphatic hydroxyl groups excluding tert-OH is 7. The Kier molecular flexibility index (Phi) is 13.8. The summed E-state index contributed by atoms with van der Waals surface area (Å²) in [6, 6.07) is 0. The number of ether oxygens (including phenoxy) is 6. The van der Waals surface area contributed by atoms with Crippen LogP contribution in [0.25, 0.3) is 0 Å². The van der Waals surface area contributed by atoms with Crippen molar-refractivity contribution < 1.29 is 69.3 Å². The number of fused-ring (bicyclic) bond motifs is 5. The summed E-state index contributed by atoms with van der Waals surface area (Å²) in [6.45, 7) is 10.9. The lowest BCUT2D eigenvalue weighted by molar-refractivity contribution is -0.346. The summed E-state index contributed by atoms with van der Waals surface area (Å²) in [7, 11) is 2.88. The number of hydrogen-bond donors (Lipinski definition) is 8. The minimum atomic E-state index is -1.33. The van der Waals surface area contributed by atoms with Gasteiger partial charge >= 0.3 is 0 Å². The predicted molar refractivity (Wildman–Crippen MR) is 198 cm³/mol. The van der Waals surface area contributed by atoms with Crippen LogP contribution in [0.2, 0.25) is 0 Å². The fourth-order valence-corrected chi connectivity index (χ4v) is 12.9. The lowest BCUT2D eigenvalue weighted by Gasteiger charge is -2.65. The van der Waals surface area contributed by atoms with E-state index in [-0.39, 0.29) is 61.2 Å². The van der Waals surface area contributed by atoms with Crippen molar-refractivity contribution in [3.8, 4) is 0 Å². The van der Waals surface area contributed by atoms with E-state index < -0.39 is 90.6 Å². The molecule has 320 valence electrons. The van der Waals surface area contributed by atoms with Gasteiger partial charge in [0, 0.05) is 26.6 Å². The van der Waals surface area contributed by atoms with Gasteiger partial charge in [-0.2, -0.15) is 0 Å². The second-order valence-electron chi connectivity index (χ2n) is 19.1. The van der Waals surface area contributed by atoms with Gasteiger partial charge in [-0.3, -0.25) is 0 Å². The molecule has 55 heavy (non-hydrogen) atoms. The largest absolute Gasteiger partial charge is 0.393 e. The second kappa shape index (κ2) is 17.2. The summed E-state index contributed by atoms with van der Waals surface area (Å²) in [6.07, 6.45) is -5.79. The van der Waals surface area contributed by atoms with Gasteiger partial charge in [0.05, 0.1) is 49.8 Å². The van der Waals surface area contributed by atoms with E-state index in [1.807, 2.05) is 0 Å². The van der Waals surface area contributed by atoms with Crippen molar-refractivity contribution in [2.45, 2.75) is 172 Å². The molecule has 14 nitrogen and oxygen atoms in total. The highest BCUT2D eigenvalue weighted by molar-refractivity contribution is 5.21. The van der Waals surface area contributed by atoms with E-state index in [4.69, 9.17) is 28.4 Å². The number of methoxy groups -OCH3 is 2. The van der Waals surface area contributed by atoms with Crippen molar-refractivity contribution in [3.63, 3.8) is 0 Å². The van der Waals surface area contributed by atoms with Crippen LogP contribution in [0.4, 0.5) is 0 Å². The zero-order valence-corrected chi connectivity index (χ0v) is 34.0. The summed E-state index contributed by atoms with van der Waals surface area (Å²) in [5.74, 6) is -0.466. The van der Waals surface area contributed by atoms with Gasteiger partial charge in [0.1, 0.15) is 36.6 Å². The Labute approximate surface area is 326 Å². The highest BCUT2D eigenvalue weighted by Crippen LogP contribution is 2.70. The molecule has 6 aliphatic rings. The molecule has 2 aliphatic heterocycles. The lowest BCUT2D eigenvalue weighted by atomic mass is 9.42. The molecule has 0 bridgehead atoms. The molecule has 21 atom stereocenters. The van der Waals surface area contributed by atoms with Crippen molar-refractivity contribution in [1.29, 1.82) is 0 Å². The predicted octanol–water partition coefficient (Wildman–Crippen LogP) is 1.34. The van der Waals surface area contributed by atoms with Crippen molar-refractivity contribution in [3.05, 3.63) is 0 Å². The van der Waals surface area contributed by atoms with Crippen LogP contribution in [0.1, 0.15) is 92.4 Å². The minimum Gasteiger partial charge on any atom is -0.393 e. The van der Waals surface area contributed by atoms with Crippen molar-refractivity contribution >= 4 is 0 Å². The van der Waals surface area contributed by atoms with Crippen LogP contribution >= 0.6 is 0 Å². The van der Waals surface area contributed by atoms with E-state index in [1.165, 1.54) is 14.2 Å². The maximum absolute atomic E-state index is 12.7. The summed E-state index contributed by atoms with van der Waals surface area (Å²) in [5, 5.41) is 90.1. The normalized spacial score (nSPS) is 51.3. The lowest BCUT2D eigenvalue weighted by Crippen LogP contribution is -2.68. The fraction of sp³-hybridized carbons (Fsp3) is 1.00. The zero-order valence-electron chi connectivity index (χ0n) is 34.0. The third-order valence-corrected chi connectivity index (χ3v) is 15.9. The molecule has 21 unspecified atom stereocenters. The van der Waals surface area contributed by atoms with Gasteiger partial charge in [0.25, 0.3) is 0 Å². The van der Waals surface area contributed by atoms with Crippen LogP contribution in [0, 0.1) is 52.3 Å². The van der Waals surface area contributed by atoms with E-state index in [0.29, 0.717) is 25.2 Å². The molecule has 4 saturated carbocycles. The quantitative estimate of drug-likeness (QED) is 0.132. The first kappa shape index (κ1) is 44.0. The number of rotatable bonds is 13. The van der Waals surface area contributed by atoms with Gasteiger partial charge in [0.2, 0.25) is 0 Å². The molecular weight excluding hydrogens is 716 g/mol. The van der Waals surface area contributed by atoms with Gasteiger partial charge in [-0.25, -0.2) is 0 Å². The van der Waals surface area contributed by atoms with E-state index in [2.05, 4.69) is 34.6 Å². The van der Waals surface area contributed by atoms with Gasteiger partial charge in [-0.15, -0.1) is 0 Å². The van der Waals surface area contributed by atoms with Crippen LogP contribution in [0.15, 0.2) is 0 Å². The number of aliphatic hydroxyl groups is 8.